The number of carbonyl (C=O) groups is 8. The SMILES string of the molecule is O=C([O-])O.O=C([O-])O.O=C([O-])O.O=C([O-])O.O=C([O-])O.O=C([O-])O.O=C([O-])O.O=C([O-])O.[Mo+4].[Na+].[Sb+3]. The van der Waals surface area contributed by atoms with Gasteiger partial charge in [0, 0.05) is 0 Å². The summed E-state index contributed by atoms with van der Waals surface area (Å²) in [6.07, 6.45) is -16.7. The third-order valence-electron chi connectivity index (χ3n) is 0. The number of hydrogen-bond donors (Lipinski definition) is 8. The molecule has 0 fully saturated rings. The van der Waals surface area contributed by atoms with Gasteiger partial charge in [-0.15, -0.1) is 0 Å². The van der Waals surface area contributed by atoms with Crippen molar-refractivity contribution in [3.8, 4) is 0 Å². The second kappa shape index (κ2) is 63.2. The Kier molecular flexibility index (Phi) is 126. The average Bonchev–Trinajstić information content (AvgIpc) is 2.30. The van der Waals surface area contributed by atoms with E-state index in [9.17, 15) is 0 Å². The van der Waals surface area contributed by atoms with Gasteiger partial charge in [-0.1, -0.05) is 0 Å². The van der Waals surface area contributed by atoms with Gasteiger partial charge >= 0.3 is 75.1 Å². The zero-order valence-electron chi connectivity index (χ0n) is 16.0. The third-order valence-corrected chi connectivity index (χ3v) is 0. The largest absolute Gasteiger partial charge is 4.00 e. The maximum absolute atomic E-state index is 8.44. The normalized spacial score (nSPS) is 5.49. The Labute approximate surface area is 243 Å². The minimum Gasteiger partial charge on any atom is -0.565 e. The molecule has 35 heavy (non-hydrogen) atoms. The molecule has 2 radical (unpaired) electrons. The van der Waals surface area contributed by atoms with Gasteiger partial charge in [-0.05, 0) is 0 Å². The van der Waals surface area contributed by atoms with Crippen molar-refractivity contribution in [1.82, 2.24) is 0 Å². The molecule has 0 aromatic rings. The Morgan fingerprint density at radius 2 is 0.314 bits per heavy atom. The topological polar surface area (TPSA) is 483 Å². The molecule has 0 spiro atoms. The fraction of sp³-hybridized carbons (Fsp3) is 0. The van der Waals surface area contributed by atoms with Gasteiger partial charge in [0.25, 0.3) is 0 Å². The zero-order chi connectivity index (χ0) is 28.6. The van der Waals surface area contributed by atoms with E-state index >= 15 is 0 Å². The first-order chi connectivity index (χ1) is 13.9. The summed E-state index contributed by atoms with van der Waals surface area (Å²) in [6, 6.07) is 0. The summed E-state index contributed by atoms with van der Waals surface area (Å²) in [5.41, 5.74) is 0. The summed E-state index contributed by atoms with van der Waals surface area (Å²) in [6.45, 7) is 0. The molecular weight excluding hydrogens is 721 g/mol. The van der Waals surface area contributed by atoms with Crippen LogP contribution < -0.4 is 70.4 Å². The summed E-state index contributed by atoms with van der Waals surface area (Å²) >= 11 is 0. The van der Waals surface area contributed by atoms with E-state index in [0.717, 1.165) is 0 Å². The van der Waals surface area contributed by atoms with Crippen LogP contribution in [0.25, 0.3) is 0 Å². The maximum Gasteiger partial charge on any atom is 4.00 e. The molecule has 0 bridgehead atoms. The summed E-state index contributed by atoms with van der Waals surface area (Å²) in [5.74, 6) is 0. The van der Waals surface area contributed by atoms with Gasteiger partial charge in [0.15, 0.2) is 0 Å². The van der Waals surface area contributed by atoms with Crippen LogP contribution in [0.4, 0.5) is 38.4 Å². The van der Waals surface area contributed by atoms with Crippen molar-refractivity contribution >= 4 is 73.7 Å². The van der Waals surface area contributed by atoms with Gasteiger partial charge in [0.1, 0.15) is 0 Å². The standard InChI is InChI=1S/8CH2O3.Mo.Na.Sb/c8*2-1(3)4;;;/h8*(H2,2,3,4);;;/q;;;;;;;;+4;+1;+3/p-8. The van der Waals surface area contributed by atoms with Crippen LogP contribution in [-0.2, 0) is 21.1 Å². The van der Waals surface area contributed by atoms with Crippen LogP contribution in [-0.4, -0.2) is 115 Å². The van der Waals surface area contributed by atoms with Crippen molar-refractivity contribution < 1.29 is 171 Å². The van der Waals surface area contributed by atoms with Gasteiger partial charge in [-0.25, -0.2) is 0 Å². The van der Waals surface area contributed by atoms with E-state index < -0.39 is 49.2 Å². The van der Waals surface area contributed by atoms with Crippen LogP contribution >= 0.6 is 0 Å². The Balaban J connectivity index is -0.0000000206. The fourth-order valence-electron chi connectivity index (χ4n) is 0. The Morgan fingerprint density at radius 1 is 0.314 bits per heavy atom. The number of rotatable bonds is 0. The second-order valence-electron chi connectivity index (χ2n) is 2.13. The second-order valence-corrected chi connectivity index (χ2v) is 2.13. The van der Waals surface area contributed by atoms with Gasteiger partial charge in [-0.3, -0.25) is 0 Å². The molecule has 0 aliphatic carbocycles. The molecule has 0 rings (SSSR count). The molecule has 0 aliphatic heterocycles. The first-order valence-electron chi connectivity index (χ1n) is 5.05. The first kappa shape index (κ1) is 69.7. The minimum absolute atomic E-state index is 0. The smallest absolute Gasteiger partial charge is 0.565 e. The monoisotopic (exact) mass is 730 g/mol. The van der Waals surface area contributed by atoms with E-state index in [1.54, 1.807) is 0 Å². The van der Waals surface area contributed by atoms with Crippen molar-refractivity contribution in [2.75, 3.05) is 0 Å². The fourth-order valence-corrected chi connectivity index (χ4v) is 0. The third kappa shape index (κ3) is 2270. The van der Waals surface area contributed by atoms with Crippen LogP contribution in [0.15, 0.2) is 0 Å². The maximum atomic E-state index is 8.44. The molecule has 8 N–H and O–H groups in total. The summed E-state index contributed by atoms with van der Waals surface area (Å²) in [4.78, 5) is 67.6. The van der Waals surface area contributed by atoms with E-state index in [2.05, 4.69) is 0 Å². The molecule has 196 valence electrons. The predicted octanol–water partition coefficient (Wildman–Crippen LogP) is -12.3. The zero-order valence-corrected chi connectivity index (χ0v) is 22.5. The molecule has 0 unspecified atom stereocenters. The molecule has 0 atom stereocenters. The van der Waals surface area contributed by atoms with Crippen LogP contribution in [0.5, 0.6) is 0 Å². The van der Waals surface area contributed by atoms with Crippen LogP contribution in [0.1, 0.15) is 0 Å². The molecule has 24 nitrogen and oxygen atoms in total. The molecule has 27 heteroatoms. The summed E-state index contributed by atoms with van der Waals surface area (Å²) in [7, 11) is 0. The van der Waals surface area contributed by atoms with Crippen molar-refractivity contribution in [2.24, 2.45) is 0 Å². The first-order valence-corrected chi connectivity index (χ1v) is 5.05. The van der Waals surface area contributed by atoms with Gasteiger partial charge in [0.05, 0.1) is 0 Å². The molecular formula is C8H8MoNaO24Sb. The van der Waals surface area contributed by atoms with Crippen LogP contribution in [0.3, 0.4) is 0 Å². The predicted molar refractivity (Wildman–Crippen MR) is 70.0 cm³/mol. The quantitative estimate of drug-likeness (QED) is 0.107. The molecule has 0 aliphatic rings. The number of hydrogen-bond acceptors (Lipinski definition) is 16. The Hall–Kier alpha value is -3.33. The summed E-state index contributed by atoms with van der Waals surface area (Å²) in [5, 5.41) is 122. The van der Waals surface area contributed by atoms with Crippen molar-refractivity contribution in [1.29, 1.82) is 0 Å². The van der Waals surface area contributed by atoms with E-state index in [-0.39, 0.29) is 75.1 Å². The van der Waals surface area contributed by atoms with Crippen LogP contribution in [0.2, 0.25) is 0 Å². The van der Waals surface area contributed by atoms with Gasteiger partial charge in [0.2, 0.25) is 49.2 Å². The average molecular weight is 729 g/mol. The van der Waals surface area contributed by atoms with E-state index in [0.29, 0.717) is 0 Å². The molecule has 0 aromatic carbocycles. The van der Waals surface area contributed by atoms with E-state index in [1.165, 1.54) is 0 Å². The minimum atomic E-state index is -2.08. The Morgan fingerprint density at radius 3 is 0.314 bits per heavy atom. The molecule has 0 aromatic heterocycles. The molecule has 0 saturated heterocycles. The Bertz CT molecular complexity index is 374. The van der Waals surface area contributed by atoms with Gasteiger partial charge in [-0.2, -0.15) is 0 Å². The van der Waals surface area contributed by atoms with Crippen molar-refractivity contribution in [3.63, 3.8) is 0 Å². The molecule has 0 saturated carbocycles. The summed E-state index contributed by atoms with van der Waals surface area (Å²) < 4.78 is 0. The van der Waals surface area contributed by atoms with E-state index in [1.807, 2.05) is 0 Å². The van der Waals surface area contributed by atoms with Crippen molar-refractivity contribution in [2.45, 2.75) is 0 Å². The van der Waals surface area contributed by atoms with E-state index in [4.69, 9.17) is 120 Å². The number of carboxylic acid groups (broad SMARTS) is 16. The van der Waals surface area contributed by atoms with Gasteiger partial charge < -0.3 is 120 Å². The van der Waals surface area contributed by atoms with Crippen LogP contribution in [0, 0.1) is 0 Å². The molecule has 0 amide bonds. The molecule has 0 heterocycles. The van der Waals surface area contributed by atoms with Crippen molar-refractivity contribution in [3.05, 3.63) is 0 Å².